The molecule has 1 aliphatic rings. The average molecular weight is 291 g/mol. The summed E-state index contributed by atoms with van der Waals surface area (Å²) in [5.41, 5.74) is 0.367. The topological polar surface area (TPSA) is 59.4 Å². The molecule has 1 amide bonds. The van der Waals surface area contributed by atoms with E-state index in [1.165, 1.54) is 12.3 Å². The lowest BCUT2D eigenvalue weighted by molar-refractivity contribution is 0.0774. The molecule has 1 fully saturated rings. The Morgan fingerprint density at radius 3 is 2.61 bits per heavy atom. The lowest BCUT2D eigenvalue weighted by Gasteiger charge is -2.16. The van der Waals surface area contributed by atoms with Crippen molar-refractivity contribution in [3.05, 3.63) is 18.0 Å². The number of rotatable bonds is 4. The monoisotopic (exact) mass is 290 g/mol. The third-order valence-electron chi connectivity index (χ3n) is 3.13. The third-order valence-corrected chi connectivity index (χ3v) is 4.45. The first-order valence-corrected chi connectivity index (χ1v) is 8.07. The smallest absolute Gasteiger partial charge is 0.270 e. The van der Waals surface area contributed by atoms with Gasteiger partial charge in [-0.1, -0.05) is 0 Å². The Hall–Kier alpha value is -1.01. The van der Waals surface area contributed by atoms with Crippen LogP contribution in [0.5, 0.6) is 0 Å². The summed E-state index contributed by atoms with van der Waals surface area (Å²) in [4.78, 5) is 13.8. The van der Waals surface area contributed by atoms with Crippen molar-refractivity contribution < 1.29 is 13.2 Å². The van der Waals surface area contributed by atoms with Crippen LogP contribution in [0.15, 0.2) is 17.2 Å². The van der Waals surface area contributed by atoms with E-state index in [2.05, 4.69) is 0 Å². The minimum atomic E-state index is -3.80. The van der Waals surface area contributed by atoms with E-state index in [0.717, 1.165) is 12.8 Å². The number of hydrogen-bond acceptors (Lipinski definition) is 3. The normalized spacial score (nSPS) is 15.7. The molecule has 0 radical (unpaired) electrons. The molecule has 0 atom stereocenters. The number of carbonyl (C=O) groups excluding carboxylic acids is 1. The fourth-order valence-corrected chi connectivity index (χ4v) is 2.62. The summed E-state index contributed by atoms with van der Waals surface area (Å²) in [5, 5.41) is 0. The standard InChI is InChI=1S/C11H15ClN2O3S/c1-3-14-7-9(18(12,16)17)6-10(14)11(15)13(2)8-4-5-8/h6-8H,3-5H2,1-2H3. The van der Waals surface area contributed by atoms with Crippen LogP contribution < -0.4 is 0 Å². The highest BCUT2D eigenvalue weighted by atomic mass is 35.7. The van der Waals surface area contributed by atoms with E-state index in [9.17, 15) is 13.2 Å². The van der Waals surface area contributed by atoms with E-state index in [-0.39, 0.29) is 16.8 Å². The summed E-state index contributed by atoms with van der Waals surface area (Å²) in [6.07, 6.45) is 3.42. The van der Waals surface area contributed by atoms with Gasteiger partial charge in [0, 0.05) is 36.5 Å². The van der Waals surface area contributed by atoms with E-state index < -0.39 is 9.05 Å². The molecule has 5 nitrogen and oxygen atoms in total. The van der Waals surface area contributed by atoms with Gasteiger partial charge in [0.05, 0.1) is 0 Å². The fourth-order valence-electron chi connectivity index (χ4n) is 1.87. The Morgan fingerprint density at radius 1 is 1.56 bits per heavy atom. The zero-order chi connectivity index (χ0) is 13.5. The molecule has 1 aliphatic carbocycles. The fraction of sp³-hybridized carbons (Fsp3) is 0.545. The summed E-state index contributed by atoms with van der Waals surface area (Å²) < 4.78 is 24.2. The van der Waals surface area contributed by atoms with Gasteiger partial charge in [-0.05, 0) is 25.8 Å². The number of aromatic nitrogens is 1. The van der Waals surface area contributed by atoms with Crippen LogP contribution in [0.25, 0.3) is 0 Å². The van der Waals surface area contributed by atoms with E-state index >= 15 is 0 Å². The minimum absolute atomic E-state index is 0.0291. The molecule has 100 valence electrons. The van der Waals surface area contributed by atoms with Crippen molar-refractivity contribution in [2.45, 2.75) is 37.2 Å². The Bertz CT molecular complexity index is 575. The van der Waals surface area contributed by atoms with Gasteiger partial charge in [0.1, 0.15) is 10.6 Å². The van der Waals surface area contributed by atoms with Crippen LogP contribution in [0.2, 0.25) is 0 Å². The van der Waals surface area contributed by atoms with Crippen molar-refractivity contribution >= 4 is 25.6 Å². The number of hydrogen-bond donors (Lipinski definition) is 0. The highest BCUT2D eigenvalue weighted by Gasteiger charge is 2.32. The molecule has 1 heterocycles. The molecule has 1 aromatic rings. The van der Waals surface area contributed by atoms with Gasteiger partial charge in [0.25, 0.3) is 15.0 Å². The maximum atomic E-state index is 12.2. The number of carbonyl (C=O) groups is 1. The maximum absolute atomic E-state index is 12.2. The highest BCUT2D eigenvalue weighted by Crippen LogP contribution is 2.28. The Kier molecular flexibility index (Phi) is 3.42. The van der Waals surface area contributed by atoms with E-state index in [0.29, 0.717) is 12.2 Å². The molecule has 1 saturated carbocycles. The first-order valence-electron chi connectivity index (χ1n) is 5.76. The lowest BCUT2D eigenvalue weighted by atomic mass is 10.3. The van der Waals surface area contributed by atoms with Crippen molar-refractivity contribution in [3.63, 3.8) is 0 Å². The van der Waals surface area contributed by atoms with Crippen molar-refractivity contribution in [1.82, 2.24) is 9.47 Å². The number of halogens is 1. The lowest BCUT2D eigenvalue weighted by Crippen LogP contribution is -2.30. The predicted octanol–water partition coefficient (Wildman–Crippen LogP) is 1.67. The zero-order valence-electron chi connectivity index (χ0n) is 10.3. The van der Waals surface area contributed by atoms with Crippen molar-refractivity contribution in [2.75, 3.05) is 7.05 Å². The van der Waals surface area contributed by atoms with Gasteiger partial charge in [-0.25, -0.2) is 8.42 Å². The van der Waals surface area contributed by atoms with Crippen LogP contribution in [0.3, 0.4) is 0 Å². The van der Waals surface area contributed by atoms with E-state index in [4.69, 9.17) is 10.7 Å². The SMILES string of the molecule is CCn1cc(S(=O)(=O)Cl)cc1C(=O)N(C)C1CC1. The van der Waals surface area contributed by atoms with Crippen molar-refractivity contribution in [2.24, 2.45) is 0 Å². The average Bonchev–Trinajstić information content (AvgIpc) is 3.04. The molecule has 0 spiro atoms. The number of amides is 1. The van der Waals surface area contributed by atoms with Gasteiger partial charge in [0.2, 0.25) is 0 Å². The molecule has 0 aliphatic heterocycles. The Labute approximate surface area is 111 Å². The second-order valence-electron chi connectivity index (χ2n) is 4.43. The maximum Gasteiger partial charge on any atom is 0.270 e. The van der Waals surface area contributed by atoms with Crippen molar-refractivity contribution in [1.29, 1.82) is 0 Å². The molecule has 18 heavy (non-hydrogen) atoms. The Balaban J connectivity index is 2.37. The zero-order valence-corrected chi connectivity index (χ0v) is 11.8. The van der Waals surface area contributed by atoms with Gasteiger partial charge in [-0.15, -0.1) is 0 Å². The minimum Gasteiger partial charge on any atom is -0.342 e. The molecular formula is C11H15ClN2O3S. The van der Waals surface area contributed by atoms with Gasteiger partial charge in [-0.3, -0.25) is 4.79 Å². The van der Waals surface area contributed by atoms with Crippen LogP contribution in [-0.2, 0) is 15.6 Å². The van der Waals surface area contributed by atoms with Crippen LogP contribution in [0.4, 0.5) is 0 Å². The van der Waals surface area contributed by atoms with Gasteiger partial charge in [0.15, 0.2) is 0 Å². The predicted molar refractivity (Wildman–Crippen MR) is 68.3 cm³/mol. The van der Waals surface area contributed by atoms with Crippen LogP contribution in [0, 0.1) is 0 Å². The number of nitrogens with zero attached hydrogens (tertiary/aromatic N) is 2. The summed E-state index contributed by atoms with van der Waals surface area (Å²) in [6.45, 7) is 2.37. The second kappa shape index (κ2) is 4.59. The summed E-state index contributed by atoms with van der Waals surface area (Å²) in [5.74, 6) is -0.161. The molecule has 7 heteroatoms. The molecule has 0 saturated heterocycles. The first kappa shape index (κ1) is 13.4. The molecule has 1 aromatic heterocycles. The largest absolute Gasteiger partial charge is 0.342 e. The van der Waals surface area contributed by atoms with Crippen LogP contribution in [0.1, 0.15) is 30.3 Å². The summed E-state index contributed by atoms with van der Waals surface area (Å²) in [7, 11) is 3.23. The molecular weight excluding hydrogens is 276 g/mol. The second-order valence-corrected chi connectivity index (χ2v) is 7.00. The Morgan fingerprint density at radius 2 is 2.17 bits per heavy atom. The molecule has 0 bridgehead atoms. The van der Waals surface area contributed by atoms with Crippen LogP contribution >= 0.6 is 10.7 Å². The highest BCUT2D eigenvalue weighted by molar-refractivity contribution is 8.13. The van der Waals surface area contributed by atoms with Crippen LogP contribution in [-0.4, -0.2) is 36.9 Å². The molecule has 0 unspecified atom stereocenters. The van der Waals surface area contributed by atoms with Gasteiger partial charge < -0.3 is 9.47 Å². The molecule has 0 N–H and O–H groups in total. The molecule has 0 aromatic carbocycles. The molecule has 2 rings (SSSR count). The van der Waals surface area contributed by atoms with E-state index in [1.807, 2.05) is 6.92 Å². The summed E-state index contributed by atoms with van der Waals surface area (Å²) in [6, 6.07) is 1.63. The number of aryl methyl sites for hydroxylation is 1. The van der Waals surface area contributed by atoms with Gasteiger partial charge >= 0.3 is 0 Å². The summed E-state index contributed by atoms with van der Waals surface area (Å²) >= 11 is 0. The van der Waals surface area contributed by atoms with E-state index in [1.54, 1.807) is 16.5 Å². The van der Waals surface area contributed by atoms with Gasteiger partial charge in [-0.2, -0.15) is 0 Å². The third kappa shape index (κ3) is 2.54. The van der Waals surface area contributed by atoms with Crippen molar-refractivity contribution in [3.8, 4) is 0 Å². The quantitative estimate of drug-likeness (QED) is 0.793. The first-order chi connectivity index (χ1) is 8.34.